The highest BCUT2D eigenvalue weighted by molar-refractivity contribution is 5.97. The number of carbonyl (C=O) groups is 2. The first-order chi connectivity index (χ1) is 12.0. The Hall–Kier alpha value is -2.62. The van der Waals surface area contributed by atoms with Gasteiger partial charge in [0.05, 0.1) is 6.54 Å². The van der Waals surface area contributed by atoms with Crippen LogP contribution in [0, 0.1) is 5.92 Å². The lowest BCUT2D eigenvalue weighted by atomic mass is 9.99. The van der Waals surface area contributed by atoms with E-state index in [1.807, 2.05) is 67.3 Å². The van der Waals surface area contributed by atoms with E-state index >= 15 is 0 Å². The van der Waals surface area contributed by atoms with Crippen LogP contribution in [0.5, 0.6) is 0 Å². The molecule has 0 fully saturated rings. The highest BCUT2D eigenvalue weighted by Gasteiger charge is 2.24. The molecule has 4 nitrogen and oxygen atoms in total. The molecule has 1 aliphatic heterocycles. The smallest absolute Gasteiger partial charge is 0.227 e. The van der Waals surface area contributed by atoms with Gasteiger partial charge in [-0.3, -0.25) is 9.59 Å². The molecule has 4 heteroatoms. The van der Waals surface area contributed by atoms with Crippen molar-refractivity contribution in [3.63, 3.8) is 0 Å². The van der Waals surface area contributed by atoms with E-state index < -0.39 is 0 Å². The summed E-state index contributed by atoms with van der Waals surface area (Å²) in [4.78, 5) is 26.2. The number of benzene rings is 2. The van der Waals surface area contributed by atoms with E-state index in [0.29, 0.717) is 31.7 Å². The lowest BCUT2D eigenvalue weighted by molar-refractivity contribution is -0.119. The summed E-state index contributed by atoms with van der Waals surface area (Å²) in [6, 6.07) is 15.8. The maximum absolute atomic E-state index is 12.4. The van der Waals surface area contributed by atoms with E-state index in [1.54, 1.807) is 0 Å². The van der Waals surface area contributed by atoms with Crippen molar-refractivity contribution in [2.24, 2.45) is 5.92 Å². The van der Waals surface area contributed by atoms with Gasteiger partial charge < -0.3 is 10.2 Å². The monoisotopic (exact) mass is 336 g/mol. The topological polar surface area (TPSA) is 49.4 Å². The first-order valence-corrected chi connectivity index (χ1v) is 8.80. The maximum atomic E-state index is 12.4. The van der Waals surface area contributed by atoms with Gasteiger partial charge in [-0.05, 0) is 41.7 Å². The zero-order valence-electron chi connectivity index (χ0n) is 14.8. The molecule has 1 heterocycles. The molecule has 0 aromatic heterocycles. The van der Waals surface area contributed by atoms with Gasteiger partial charge in [0.25, 0.3) is 0 Å². The third kappa shape index (κ3) is 4.27. The first-order valence-electron chi connectivity index (χ1n) is 8.80. The van der Waals surface area contributed by atoms with Crippen molar-refractivity contribution in [3.05, 3.63) is 59.7 Å². The number of fused-ring (bicyclic) bond motifs is 1. The van der Waals surface area contributed by atoms with Gasteiger partial charge in [-0.25, -0.2) is 0 Å². The van der Waals surface area contributed by atoms with Crippen molar-refractivity contribution >= 4 is 23.2 Å². The number of hydrogen-bond donors (Lipinski definition) is 1. The van der Waals surface area contributed by atoms with Crippen molar-refractivity contribution < 1.29 is 9.59 Å². The largest absolute Gasteiger partial charge is 0.326 e. The number of aryl methyl sites for hydroxylation is 1. The molecule has 0 aliphatic carbocycles. The fourth-order valence-corrected chi connectivity index (χ4v) is 3.16. The van der Waals surface area contributed by atoms with Crippen molar-refractivity contribution in [3.8, 4) is 0 Å². The molecule has 3 rings (SSSR count). The highest BCUT2D eigenvalue weighted by atomic mass is 16.2. The molecule has 0 unspecified atom stereocenters. The highest BCUT2D eigenvalue weighted by Crippen LogP contribution is 2.31. The first kappa shape index (κ1) is 17.2. The summed E-state index contributed by atoms with van der Waals surface area (Å²) in [7, 11) is 0. The molecule has 0 atom stereocenters. The summed E-state index contributed by atoms with van der Waals surface area (Å²) in [6.45, 7) is 4.63. The lowest BCUT2D eigenvalue weighted by Crippen LogP contribution is -2.34. The molecular weight excluding hydrogens is 312 g/mol. The van der Waals surface area contributed by atoms with Crippen LogP contribution in [0.3, 0.4) is 0 Å². The fraction of sp³-hybridized carbons (Fsp3) is 0.333. The van der Waals surface area contributed by atoms with Gasteiger partial charge in [0.1, 0.15) is 0 Å². The predicted octanol–water partition coefficient (Wildman–Crippen LogP) is 4.15. The quantitative estimate of drug-likeness (QED) is 0.891. The van der Waals surface area contributed by atoms with Crippen LogP contribution in [0.1, 0.15) is 37.8 Å². The zero-order chi connectivity index (χ0) is 17.8. The van der Waals surface area contributed by atoms with Gasteiger partial charge >= 0.3 is 0 Å². The Morgan fingerprint density at radius 3 is 2.60 bits per heavy atom. The third-order valence-electron chi connectivity index (χ3n) is 4.34. The summed E-state index contributed by atoms with van der Waals surface area (Å²) in [6.07, 6.45) is 1.73. The second-order valence-corrected chi connectivity index (χ2v) is 6.96. The van der Waals surface area contributed by atoms with E-state index in [-0.39, 0.29) is 11.8 Å². The van der Waals surface area contributed by atoms with E-state index in [4.69, 9.17) is 0 Å². The Labute approximate surface area is 148 Å². The van der Waals surface area contributed by atoms with E-state index in [9.17, 15) is 9.59 Å². The minimum atomic E-state index is 0.0305. The molecule has 0 bridgehead atoms. The molecule has 1 aliphatic rings. The minimum Gasteiger partial charge on any atom is -0.326 e. The van der Waals surface area contributed by atoms with Crippen LogP contribution in [0.25, 0.3) is 0 Å². The molecule has 25 heavy (non-hydrogen) atoms. The molecule has 0 radical (unpaired) electrons. The zero-order valence-corrected chi connectivity index (χ0v) is 14.8. The van der Waals surface area contributed by atoms with Crippen molar-refractivity contribution in [2.45, 2.75) is 39.7 Å². The Morgan fingerprint density at radius 1 is 1.12 bits per heavy atom. The second-order valence-electron chi connectivity index (χ2n) is 6.96. The number of rotatable bonds is 5. The van der Waals surface area contributed by atoms with Gasteiger partial charge in [-0.2, -0.15) is 0 Å². The summed E-state index contributed by atoms with van der Waals surface area (Å²) >= 11 is 0. The lowest BCUT2D eigenvalue weighted by Gasteiger charge is -2.30. The molecule has 0 saturated carbocycles. The van der Waals surface area contributed by atoms with Crippen molar-refractivity contribution in [1.82, 2.24) is 0 Å². The Morgan fingerprint density at radius 2 is 1.88 bits per heavy atom. The number of amides is 2. The van der Waals surface area contributed by atoms with Gasteiger partial charge in [-0.15, -0.1) is 0 Å². The van der Waals surface area contributed by atoms with E-state index in [1.165, 1.54) is 0 Å². The Balaban J connectivity index is 1.80. The van der Waals surface area contributed by atoms with Gasteiger partial charge in [0.15, 0.2) is 0 Å². The predicted molar refractivity (Wildman–Crippen MR) is 100 cm³/mol. The molecule has 130 valence electrons. The van der Waals surface area contributed by atoms with E-state index in [0.717, 1.165) is 22.5 Å². The van der Waals surface area contributed by atoms with Crippen LogP contribution in [0.4, 0.5) is 11.4 Å². The van der Waals surface area contributed by atoms with Crippen molar-refractivity contribution in [1.29, 1.82) is 0 Å². The van der Waals surface area contributed by atoms with Gasteiger partial charge in [0, 0.05) is 24.2 Å². The Bertz CT molecular complexity index is 769. The van der Waals surface area contributed by atoms with Gasteiger partial charge in [-0.1, -0.05) is 44.2 Å². The average molecular weight is 336 g/mol. The van der Waals surface area contributed by atoms with E-state index in [2.05, 4.69) is 5.32 Å². The van der Waals surface area contributed by atoms with Crippen LogP contribution in [-0.2, 0) is 22.6 Å². The molecular formula is C21H24N2O2. The van der Waals surface area contributed by atoms with Gasteiger partial charge in [0.2, 0.25) is 11.8 Å². The average Bonchev–Trinajstić information content (AvgIpc) is 2.57. The normalized spacial score (nSPS) is 13.7. The SMILES string of the molecule is CC(C)CC(=O)Nc1ccc2c(c1)CCC(=O)N2Cc1ccccc1. The number of carbonyl (C=O) groups excluding carboxylic acids is 2. The van der Waals surface area contributed by atoms with Crippen LogP contribution < -0.4 is 10.2 Å². The second kappa shape index (κ2) is 7.51. The summed E-state index contributed by atoms with van der Waals surface area (Å²) < 4.78 is 0. The number of hydrogen-bond acceptors (Lipinski definition) is 2. The molecule has 2 aromatic rings. The molecule has 0 saturated heterocycles. The van der Waals surface area contributed by atoms with Crippen LogP contribution in [-0.4, -0.2) is 11.8 Å². The molecule has 1 N–H and O–H groups in total. The molecule has 2 amide bonds. The van der Waals surface area contributed by atoms with Crippen LogP contribution in [0.15, 0.2) is 48.5 Å². The maximum Gasteiger partial charge on any atom is 0.227 e. The number of nitrogens with one attached hydrogen (secondary N) is 1. The van der Waals surface area contributed by atoms with Crippen molar-refractivity contribution in [2.75, 3.05) is 10.2 Å². The number of nitrogens with zero attached hydrogens (tertiary/aromatic N) is 1. The number of anilines is 2. The van der Waals surface area contributed by atoms with Crippen LogP contribution in [0.2, 0.25) is 0 Å². The molecule has 2 aromatic carbocycles. The third-order valence-corrected chi connectivity index (χ3v) is 4.34. The minimum absolute atomic E-state index is 0.0305. The standard InChI is InChI=1S/C21H24N2O2/c1-15(2)12-20(24)22-18-9-10-19-17(13-18)8-11-21(25)23(19)14-16-6-4-3-5-7-16/h3-7,9-10,13,15H,8,11-12,14H2,1-2H3,(H,22,24). The summed E-state index contributed by atoms with van der Waals surface area (Å²) in [5.41, 5.74) is 3.97. The summed E-state index contributed by atoms with van der Waals surface area (Å²) in [5, 5.41) is 2.96. The van der Waals surface area contributed by atoms with Crippen LogP contribution >= 0.6 is 0 Å². The summed E-state index contributed by atoms with van der Waals surface area (Å²) in [5.74, 6) is 0.507. The Kier molecular flexibility index (Phi) is 5.17. The molecule has 0 spiro atoms. The fourth-order valence-electron chi connectivity index (χ4n) is 3.16.